The van der Waals surface area contributed by atoms with Gasteiger partial charge < -0.3 is 14.7 Å². The number of nitrogens with one attached hydrogen (secondary N) is 1. The smallest absolute Gasteiger partial charge is 0.281 e. The van der Waals surface area contributed by atoms with E-state index in [2.05, 4.69) is 64.8 Å². The van der Waals surface area contributed by atoms with Gasteiger partial charge in [-0.25, -0.2) is 8.78 Å². The van der Waals surface area contributed by atoms with Crippen molar-refractivity contribution in [3.63, 3.8) is 0 Å². The fourth-order valence-corrected chi connectivity index (χ4v) is 12.1. The molecule has 5 fully saturated rings. The van der Waals surface area contributed by atoms with E-state index in [0.29, 0.717) is 17.0 Å². The molecule has 10 rings (SSSR count). The van der Waals surface area contributed by atoms with Gasteiger partial charge in [-0.1, -0.05) is 31.4 Å². The maximum Gasteiger partial charge on any atom is 0.281 e. The number of hydrogen-bond acceptors (Lipinski definition) is 7. The molecule has 4 saturated heterocycles. The molecule has 1 unspecified atom stereocenters. The molecule has 3 aromatic carbocycles. The maximum atomic E-state index is 15.3. The van der Waals surface area contributed by atoms with Gasteiger partial charge in [0, 0.05) is 60.6 Å². The summed E-state index contributed by atoms with van der Waals surface area (Å²) in [5, 5.41) is 2.86. The second kappa shape index (κ2) is 14.8. The topological polar surface area (TPSA) is 90.8 Å². The number of carbonyl (C=O) groups is 2. The summed E-state index contributed by atoms with van der Waals surface area (Å²) in [6, 6.07) is 15.8. The number of fused-ring (bicyclic) bond motifs is 7. The van der Waals surface area contributed by atoms with Crippen LogP contribution in [0.4, 0.5) is 20.2 Å². The van der Waals surface area contributed by atoms with Gasteiger partial charge in [-0.15, -0.1) is 0 Å². The highest BCUT2D eigenvalue weighted by atomic mass is 79.9. The number of rotatable bonds is 5. The van der Waals surface area contributed by atoms with Crippen LogP contribution < -0.4 is 20.7 Å². The van der Waals surface area contributed by atoms with Gasteiger partial charge in [0.15, 0.2) is 0 Å². The molecule has 6 aliphatic rings. The van der Waals surface area contributed by atoms with Crippen LogP contribution in [-0.4, -0.2) is 72.1 Å². The number of hydrogen-bond donors (Lipinski definition) is 1. The van der Waals surface area contributed by atoms with Crippen molar-refractivity contribution in [3.8, 4) is 5.69 Å². The lowest BCUT2D eigenvalue weighted by molar-refractivity contribution is -0.134. The quantitative estimate of drug-likeness (QED) is 0.203. The summed E-state index contributed by atoms with van der Waals surface area (Å²) in [6.45, 7) is 6.89. The van der Waals surface area contributed by atoms with Crippen LogP contribution in [0.1, 0.15) is 106 Å². The summed E-state index contributed by atoms with van der Waals surface area (Å²) in [6.07, 6.45) is 12.4. The van der Waals surface area contributed by atoms with Crippen molar-refractivity contribution in [1.82, 2.24) is 19.8 Å². The third-order valence-corrected chi connectivity index (χ3v) is 15.7. The van der Waals surface area contributed by atoms with Crippen molar-refractivity contribution in [3.05, 3.63) is 91.9 Å². The molecule has 9 nitrogen and oxygen atoms in total. The predicted octanol–water partition coefficient (Wildman–Crippen LogP) is 8.11. The van der Waals surface area contributed by atoms with Crippen LogP contribution >= 0.6 is 15.9 Å². The maximum absolute atomic E-state index is 15.3. The van der Waals surface area contributed by atoms with Crippen LogP contribution in [0.2, 0.25) is 0 Å². The van der Waals surface area contributed by atoms with E-state index >= 15 is 8.78 Å². The van der Waals surface area contributed by atoms with Gasteiger partial charge in [0.1, 0.15) is 17.5 Å². The van der Waals surface area contributed by atoms with Crippen LogP contribution in [0.3, 0.4) is 0 Å². The van der Waals surface area contributed by atoms with Crippen LogP contribution in [0, 0.1) is 23.0 Å². The second-order valence-corrected chi connectivity index (χ2v) is 19.0. The number of piperidine rings is 4. The second-order valence-electron chi connectivity index (χ2n) is 18.1. The molecule has 58 heavy (non-hydrogen) atoms. The number of amides is 2. The summed E-state index contributed by atoms with van der Waals surface area (Å²) < 4.78 is 33.7. The van der Waals surface area contributed by atoms with E-state index in [1.54, 1.807) is 0 Å². The Morgan fingerprint density at radius 2 is 1.47 bits per heavy atom. The highest BCUT2D eigenvalue weighted by molar-refractivity contribution is 9.10. The van der Waals surface area contributed by atoms with Crippen molar-refractivity contribution in [1.29, 1.82) is 0 Å². The summed E-state index contributed by atoms with van der Waals surface area (Å²) in [5.41, 5.74) is 4.90. The Hall–Kier alpha value is -4.16. The number of nitrogens with zero attached hydrogens (tertiary/aromatic N) is 5. The molecule has 4 aromatic rings. The number of imide groups is 1. The highest BCUT2D eigenvalue weighted by Crippen LogP contribution is 2.52. The molecule has 304 valence electrons. The first-order chi connectivity index (χ1) is 28.1. The van der Waals surface area contributed by atoms with E-state index in [-0.39, 0.29) is 34.8 Å². The van der Waals surface area contributed by atoms with E-state index in [4.69, 9.17) is 4.98 Å². The SMILES string of the molecule is O=C1CCC(c2c(F)cc(N3CCC4(CCN(CC5CCN(c6ccc7c(c6)-n6c(nc(=O)c8c(Br)cccc86)C76CCCCC6)CC5)CC4)CC3)cc2F)C(=O)N1. The molecule has 0 bridgehead atoms. The molecule has 1 aliphatic carbocycles. The van der Waals surface area contributed by atoms with Crippen molar-refractivity contribution < 1.29 is 18.4 Å². The van der Waals surface area contributed by atoms with E-state index in [1.807, 2.05) is 12.1 Å². The van der Waals surface area contributed by atoms with Gasteiger partial charge in [0.25, 0.3) is 5.56 Å². The average Bonchev–Trinajstić information content (AvgIpc) is 3.47. The Morgan fingerprint density at radius 3 is 2.17 bits per heavy atom. The Labute approximate surface area is 346 Å². The predicted molar refractivity (Wildman–Crippen MR) is 225 cm³/mol. The Kier molecular flexibility index (Phi) is 9.74. The minimum atomic E-state index is -0.983. The lowest BCUT2D eigenvalue weighted by Gasteiger charge is -2.48. The fraction of sp³-hybridized carbons (Fsp3) is 0.522. The van der Waals surface area contributed by atoms with E-state index in [0.717, 1.165) is 126 Å². The fourth-order valence-electron chi connectivity index (χ4n) is 11.6. The first-order valence-corrected chi connectivity index (χ1v) is 22.3. The molecule has 2 spiro atoms. The van der Waals surface area contributed by atoms with Crippen LogP contribution in [-0.2, 0) is 15.0 Å². The highest BCUT2D eigenvalue weighted by Gasteiger charge is 2.47. The number of aromatic nitrogens is 2. The largest absolute Gasteiger partial charge is 0.371 e. The normalized spacial score (nSPS) is 23.4. The lowest BCUT2D eigenvalue weighted by Crippen LogP contribution is -2.48. The number of benzene rings is 3. The Morgan fingerprint density at radius 1 is 0.776 bits per heavy atom. The van der Waals surface area contributed by atoms with Gasteiger partial charge in [0.2, 0.25) is 11.8 Å². The molecule has 1 aromatic heterocycles. The zero-order valence-electron chi connectivity index (χ0n) is 33.0. The number of likely N-dealkylation sites (tertiary alicyclic amines) is 1. The molecule has 0 radical (unpaired) electrons. The van der Waals surface area contributed by atoms with Crippen molar-refractivity contribution in [2.75, 3.05) is 55.6 Å². The van der Waals surface area contributed by atoms with Gasteiger partial charge in [-0.05, 0) is 140 Å². The van der Waals surface area contributed by atoms with E-state index < -0.39 is 29.4 Å². The zero-order valence-corrected chi connectivity index (χ0v) is 34.6. The third-order valence-electron chi connectivity index (χ3n) is 15.0. The number of carbonyl (C=O) groups excluding carboxylic acids is 2. The van der Waals surface area contributed by atoms with E-state index in [9.17, 15) is 14.4 Å². The van der Waals surface area contributed by atoms with Gasteiger partial charge in [0.05, 0.1) is 27.9 Å². The number of halogens is 3. The van der Waals surface area contributed by atoms with Crippen LogP contribution in [0.25, 0.3) is 16.6 Å². The Balaban J connectivity index is 0.757. The molecular weight excluding hydrogens is 802 g/mol. The van der Waals surface area contributed by atoms with Gasteiger partial charge >= 0.3 is 0 Å². The molecule has 1 atom stereocenters. The van der Waals surface area contributed by atoms with Gasteiger partial charge in [-0.2, -0.15) is 4.98 Å². The molecule has 2 amide bonds. The first kappa shape index (κ1) is 38.1. The van der Waals surface area contributed by atoms with E-state index in [1.165, 1.54) is 35.5 Å². The number of anilines is 2. The lowest BCUT2D eigenvalue weighted by atomic mass is 9.70. The zero-order chi connectivity index (χ0) is 39.8. The molecule has 1 saturated carbocycles. The summed E-state index contributed by atoms with van der Waals surface area (Å²) in [4.78, 5) is 49.5. The third kappa shape index (κ3) is 6.48. The van der Waals surface area contributed by atoms with Crippen molar-refractivity contribution in [2.45, 2.75) is 94.8 Å². The van der Waals surface area contributed by atoms with Crippen molar-refractivity contribution >= 4 is 50.0 Å². The first-order valence-electron chi connectivity index (χ1n) is 21.5. The molecule has 5 aliphatic heterocycles. The summed E-state index contributed by atoms with van der Waals surface area (Å²) in [7, 11) is 0. The average molecular weight is 854 g/mol. The molecule has 1 N–H and O–H groups in total. The molecular formula is C46H51BrF2N6O3. The van der Waals surface area contributed by atoms with Gasteiger partial charge in [-0.3, -0.25) is 24.3 Å². The minimum Gasteiger partial charge on any atom is -0.371 e. The summed E-state index contributed by atoms with van der Waals surface area (Å²) in [5.74, 6) is -1.86. The standard InChI is InChI=1S/C46H51BrF2N6O3/c47-34-5-4-6-37-41(34)43(58)51-44-46(13-2-1-3-14-46)33-9-7-30(27-38(33)55(37)44)53-19-11-29(12-20-53)28-52-21-15-45(16-22-52)17-23-54(24-18-45)31-25-35(48)40(36(49)26-31)32-8-10-39(56)50-42(32)57/h4-7,9,25-27,29,32H,1-3,8,10-24,28H2,(H,50,56,57). The minimum absolute atomic E-state index is 0.0790. The van der Waals surface area contributed by atoms with Crippen molar-refractivity contribution in [2.24, 2.45) is 11.3 Å². The molecule has 6 heterocycles. The summed E-state index contributed by atoms with van der Waals surface area (Å²) >= 11 is 3.65. The monoisotopic (exact) mass is 852 g/mol. The van der Waals surface area contributed by atoms with Crippen LogP contribution in [0.15, 0.2) is 57.8 Å². The van der Waals surface area contributed by atoms with Crippen LogP contribution in [0.5, 0.6) is 0 Å². The molecule has 12 heteroatoms. The Bertz CT molecular complexity index is 2330.